The molecule has 0 aromatic heterocycles. The number of carboxylic acids is 3. The van der Waals surface area contributed by atoms with E-state index in [9.17, 15) is 44.1 Å². The maximum absolute atomic E-state index is 12.6. The first kappa shape index (κ1) is 43.3. The van der Waals surface area contributed by atoms with Crippen LogP contribution in [0.1, 0.15) is 39.5 Å². The van der Waals surface area contributed by atoms with Gasteiger partial charge in [0.25, 0.3) is 0 Å². The molecule has 0 aromatic rings. The molecule has 0 saturated carbocycles. The number of rotatable bonds is 19. The molecule has 0 radical (unpaired) electrons. The van der Waals surface area contributed by atoms with Gasteiger partial charge in [-0.2, -0.15) is 0 Å². The van der Waals surface area contributed by atoms with Gasteiger partial charge in [-0.1, -0.05) is 13.8 Å². The van der Waals surface area contributed by atoms with Crippen molar-refractivity contribution in [1.82, 2.24) is 35.6 Å². The number of hydrogen-bond donors (Lipinski definition) is 7. The van der Waals surface area contributed by atoms with Crippen molar-refractivity contribution in [1.29, 1.82) is 0 Å². The van der Waals surface area contributed by atoms with Gasteiger partial charge in [0.05, 0.1) is 26.1 Å². The van der Waals surface area contributed by atoms with Crippen LogP contribution >= 0.6 is 0 Å². The molecule has 1 aliphatic rings. The molecule has 8 N–H and O–H groups in total. The lowest BCUT2D eigenvalue weighted by molar-refractivity contribution is -0.140. The molecule has 18 nitrogen and oxygen atoms in total. The van der Waals surface area contributed by atoms with Crippen LogP contribution in [-0.2, 0) is 33.6 Å². The molecule has 0 aromatic carbocycles. The molecule has 3 amide bonds. The number of hydrogen-bond acceptors (Lipinski definition) is 12. The van der Waals surface area contributed by atoms with Crippen molar-refractivity contribution in [3.63, 3.8) is 0 Å². The van der Waals surface area contributed by atoms with Crippen molar-refractivity contribution >= 4 is 42.4 Å². The highest BCUT2D eigenvalue weighted by Gasteiger charge is 2.23. The molecule has 0 spiro atoms. The maximum atomic E-state index is 12.6. The Kier molecular flexibility index (Phi) is 23.4. The number of primary amides is 1. The first-order chi connectivity index (χ1) is 22.2. The lowest BCUT2D eigenvalue weighted by Crippen LogP contribution is -2.50. The van der Waals surface area contributed by atoms with E-state index in [0.29, 0.717) is 71.5 Å². The summed E-state index contributed by atoms with van der Waals surface area (Å²) in [6, 6.07) is -1.07. The van der Waals surface area contributed by atoms with Gasteiger partial charge in [-0.05, 0) is 18.8 Å². The van der Waals surface area contributed by atoms with Gasteiger partial charge in [-0.3, -0.25) is 48.4 Å². The van der Waals surface area contributed by atoms with E-state index in [1.165, 1.54) is 0 Å². The first-order valence-electron chi connectivity index (χ1n) is 15.6. The highest BCUT2D eigenvalue weighted by Crippen LogP contribution is 2.03. The molecule has 47 heavy (non-hydrogen) atoms. The Hall–Kier alpha value is -3.71. The Balaban J connectivity index is 0.0000104. The van der Waals surface area contributed by atoms with Crippen LogP contribution in [0.15, 0.2) is 0 Å². The number of amides is 3. The fraction of sp³-hybridized carbons (Fsp3) is 0.759. The van der Waals surface area contributed by atoms with Gasteiger partial charge >= 0.3 is 17.9 Å². The van der Waals surface area contributed by atoms with Gasteiger partial charge < -0.3 is 41.8 Å². The van der Waals surface area contributed by atoms with Gasteiger partial charge in [0, 0.05) is 78.5 Å². The summed E-state index contributed by atoms with van der Waals surface area (Å²) in [5, 5.41) is 36.5. The Morgan fingerprint density at radius 1 is 0.723 bits per heavy atom. The lowest BCUT2D eigenvalue weighted by atomic mass is 10.1. The zero-order valence-electron chi connectivity index (χ0n) is 27.7. The standard InChI is InChI=1S/C28H52N8O9.CH2O/c1-21(2)4-3-6-31-28(45)22(16-23(29)37)32-24(38)5-7-30-20-36-14-12-34(18-26(41)42)10-8-33(17-25(39)40)9-11-35(13-15-36)19-27(43)44;1-2/h21-22,30H,3-20H2,1-2H3,(H2,29,37)(H,31,45)(H,32,38)(H,39,40)(H,41,42)(H,43,44);1H2. The predicted octanol–water partition coefficient (Wildman–Crippen LogP) is -2.87. The SMILES string of the molecule is C=O.CC(C)CCCNC(=O)C(CC(N)=O)NC(=O)CCNCN1CCN(CC(=O)O)CCN(CC(=O)O)CCN(CC(=O)O)CC1. The van der Waals surface area contributed by atoms with Gasteiger partial charge in [-0.15, -0.1) is 0 Å². The molecule has 1 heterocycles. The molecule has 1 rings (SSSR count). The summed E-state index contributed by atoms with van der Waals surface area (Å²) in [7, 11) is 0. The monoisotopic (exact) mass is 674 g/mol. The molecule has 1 aliphatic heterocycles. The van der Waals surface area contributed by atoms with Crippen molar-refractivity contribution in [2.75, 3.05) is 91.8 Å². The smallest absolute Gasteiger partial charge is 0.317 e. The summed E-state index contributed by atoms with van der Waals surface area (Å²) in [4.78, 5) is 85.9. The Morgan fingerprint density at radius 2 is 1.15 bits per heavy atom. The van der Waals surface area contributed by atoms with E-state index in [0.717, 1.165) is 12.8 Å². The van der Waals surface area contributed by atoms with Crippen LogP contribution in [0.2, 0.25) is 0 Å². The quantitative estimate of drug-likeness (QED) is 0.0680. The number of carboxylic acid groups (broad SMARTS) is 3. The number of nitrogens with one attached hydrogen (secondary N) is 3. The molecule has 1 saturated heterocycles. The summed E-state index contributed by atoms with van der Waals surface area (Å²) in [6.07, 6.45) is 1.39. The van der Waals surface area contributed by atoms with Crippen LogP contribution in [0, 0.1) is 5.92 Å². The van der Waals surface area contributed by atoms with E-state index >= 15 is 0 Å². The van der Waals surface area contributed by atoms with E-state index < -0.39 is 41.7 Å². The maximum Gasteiger partial charge on any atom is 0.317 e. The molecule has 1 atom stereocenters. The van der Waals surface area contributed by atoms with Gasteiger partial charge in [-0.25, -0.2) is 0 Å². The lowest BCUT2D eigenvalue weighted by Gasteiger charge is -2.33. The fourth-order valence-corrected chi connectivity index (χ4v) is 4.75. The summed E-state index contributed by atoms with van der Waals surface area (Å²) >= 11 is 0. The minimum absolute atomic E-state index is 0.0133. The van der Waals surface area contributed by atoms with Crippen LogP contribution in [0.4, 0.5) is 0 Å². The number of carbonyl (C=O) groups excluding carboxylic acids is 4. The van der Waals surface area contributed by atoms with E-state index in [2.05, 4.69) is 29.8 Å². The Labute approximate surface area is 275 Å². The summed E-state index contributed by atoms with van der Waals surface area (Å²) in [5.41, 5.74) is 5.28. The largest absolute Gasteiger partial charge is 0.480 e. The molecular weight excluding hydrogens is 620 g/mol. The third kappa shape index (κ3) is 23.3. The average Bonchev–Trinajstić information content (AvgIpc) is 2.97. The minimum atomic E-state index is -1.07. The molecule has 1 fully saturated rings. The van der Waals surface area contributed by atoms with Crippen molar-refractivity contribution < 1.29 is 48.9 Å². The minimum Gasteiger partial charge on any atom is -0.480 e. The van der Waals surface area contributed by atoms with Crippen LogP contribution < -0.4 is 21.7 Å². The molecule has 1 unspecified atom stereocenters. The first-order valence-corrected chi connectivity index (χ1v) is 15.6. The van der Waals surface area contributed by atoms with Crippen molar-refractivity contribution in [2.24, 2.45) is 11.7 Å². The van der Waals surface area contributed by atoms with E-state index in [1.807, 2.05) is 11.7 Å². The Morgan fingerprint density at radius 3 is 1.53 bits per heavy atom. The second kappa shape index (κ2) is 25.4. The van der Waals surface area contributed by atoms with Crippen LogP contribution in [-0.4, -0.2) is 175 Å². The Bertz CT molecular complexity index is 955. The number of nitrogens with two attached hydrogens (primary N) is 1. The summed E-state index contributed by atoms with van der Waals surface area (Å²) in [5.74, 6) is -4.17. The molecule has 0 aliphatic carbocycles. The van der Waals surface area contributed by atoms with Gasteiger partial charge in [0.1, 0.15) is 12.8 Å². The summed E-state index contributed by atoms with van der Waals surface area (Å²) < 4.78 is 0. The van der Waals surface area contributed by atoms with Crippen molar-refractivity contribution in [3.8, 4) is 0 Å². The molecule has 18 heteroatoms. The molecule has 0 bridgehead atoms. The van der Waals surface area contributed by atoms with Crippen LogP contribution in [0.3, 0.4) is 0 Å². The highest BCUT2D eigenvalue weighted by molar-refractivity contribution is 5.91. The zero-order valence-corrected chi connectivity index (χ0v) is 27.7. The van der Waals surface area contributed by atoms with Gasteiger partial charge in [0.15, 0.2) is 0 Å². The van der Waals surface area contributed by atoms with Gasteiger partial charge in [0.2, 0.25) is 17.7 Å². The number of carbonyl (C=O) groups is 7. The van der Waals surface area contributed by atoms with Crippen LogP contribution in [0.25, 0.3) is 0 Å². The zero-order chi connectivity index (χ0) is 35.8. The second-order valence-corrected chi connectivity index (χ2v) is 11.7. The molecular formula is C29H54N8O10. The summed E-state index contributed by atoms with van der Waals surface area (Å²) in [6.45, 7) is 9.32. The van der Waals surface area contributed by atoms with E-state index in [4.69, 9.17) is 10.5 Å². The third-order valence-electron chi connectivity index (χ3n) is 7.19. The fourth-order valence-electron chi connectivity index (χ4n) is 4.75. The van der Waals surface area contributed by atoms with E-state index in [-0.39, 0.29) is 39.0 Å². The average molecular weight is 675 g/mol. The predicted molar refractivity (Wildman–Crippen MR) is 171 cm³/mol. The van der Waals surface area contributed by atoms with Crippen molar-refractivity contribution in [3.05, 3.63) is 0 Å². The third-order valence-corrected chi connectivity index (χ3v) is 7.19. The van der Waals surface area contributed by atoms with Crippen LogP contribution in [0.5, 0.6) is 0 Å². The number of nitrogens with zero attached hydrogens (tertiary/aromatic N) is 4. The van der Waals surface area contributed by atoms with Crippen molar-refractivity contribution in [2.45, 2.75) is 45.6 Å². The highest BCUT2D eigenvalue weighted by atomic mass is 16.4. The second-order valence-electron chi connectivity index (χ2n) is 11.7. The number of aliphatic carboxylic acids is 3. The topological polar surface area (TPSA) is 255 Å². The van der Waals surface area contributed by atoms with E-state index in [1.54, 1.807) is 14.7 Å². The molecule has 270 valence electrons. The normalized spacial score (nSPS) is 16.5.